The van der Waals surface area contributed by atoms with E-state index < -0.39 is 12.2 Å². The Morgan fingerprint density at radius 3 is 2.31 bits per heavy atom. The summed E-state index contributed by atoms with van der Waals surface area (Å²) in [5.74, 6) is 0. The molecule has 0 heterocycles. The zero-order valence-corrected chi connectivity index (χ0v) is 7.59. The van der Waals surface area contributed by atoms with Crippen LogP contribution in [0.3, 0.4) is 0 Å². The molecule has 1 aromatic carbocycles. The van der Waals surface area contributed by atoms with E-state index in [1.54, 1.807) is 31.2 Å². The van der Waals surface area contributed by atoms with Gasteiger partial charge in [-0.2, -0.15) is 0 Å². The fraction of sp³-hybridized carbons (Fsp3) is 0.273. The third-order valence-electron chi connectivity index (χ3n) is 1.85. The molecule has 0 unspecified atom stereocenters. The molecule has 0 fully saturated rings. The summed E-state index contributed by atoms with van der Waals surface area (Å²) in [6, 6.07) is 9.12. The van der Waals surface area contributed by atoms with E-state index in [9.17, 15) is 10.2 Å². The molecule has 0 aliphatic carbocycles. The van der Waals surface area contributed by atoms with Gasteiger partial charge in [-0.05, 0) is 12.5 Å². The van der Waals surface area contributed by atoms with Crippen molar-refractivity contribution >= 4 is 0 Å². The number of allylic oxidation sites excluding steroid dienone is 1. The van der Waals surface area contributed by atoms with E-state index in [4.69, 9.17) is 0 Å². The molecule has 13 heavy (non-hydrogen) atoms. The average molecular weight is 178 g/mol. The Kier molecular flexibility index (Phi) is 3.68. The van der Waals surface area contributed by atoms with Crippen molar-refractivity contribution in [3.8, 4) is 0 Å². The fourth-order valence-corrected chi connectivity index (χ4v) is 1.15. The Morgan fingerprint density at radius 2 is 1.77 bits per heavy atom. The number of hydrogen-bond acceptors (Lipinski definition) is 2. The summed E-state index contributed by atoms with van der Waals surface area (Å²) < 4.78 is 0. The molecule has 0 amide bonds. The highest BCUT2D eigenvalue weighted by Gasteiger charge is 2.14. The predicted octanol–water partition coefficient (Wildman–Crippen LogP) is 1.66. The number of rotatable bonds is 3. The molecule has 1 rings (SSSR count). The second-order valence-corrected chi connectivity index (χ2v) is 2.87. The molecule has 2 nitrogen and oxygen atoms in total. The van der Waals surface area contributed by atoms with Crippen LogP contribution in [0.1, 0.15) is 18.6 Å². The molecule has 0 saturated heterocycles. The summed E-state index contributed by atoms with van der Waals surface area (Å²) in [4.78, 5) is 0. The molecule has 0 radical (unpaired) electrons. The minimum Gasteiger partial charge on any atom is -0.386 e. The number of aliphatic hydroxyl groups excluding tert-OH is 2. The summed E-state index contributed by atoms with van der Waals surface area (Å²) in [5, 5.41) is 19.1. The van der Waals surface area contributed by atoms with E-state index in [0.717, 1.165) is 5.56 Å². The molecule has 0 bridgehead atoms. The summed E-state index contributed by atoms with van der Waals surface area (Å²) in [7, 11) is 0. The van der Waals surface area contributed by atoms with Gasteiger partial charge in [0.05, 0.1) is 0 Å². The van der Waals surface area contributed by atoms with Gasteiger partial charge in [0.15, 0.2) is 0 Å². The highest BCUT2D eigenvalue weighted by Crippen LogP contribution is 2.16. The van der Waals surface area contributed by atoms with Crippen LogP contribution < -0.4 is 0 Å². The van der Waals surface area contributed by atoms with Crippen LogP contribution in [0.15, 0.2) is 42.5 Å². The van der Waals surface area contributed by atoms with Crippen LogP contribution in [0, 0.1) is 0 Å². The van der Waals surface area contributed by atoms with Crippen molar-refractivity contribution in [1.29, 1.82) is 0 Å². The van der Waals surface area contributed by atoms with E-state index in [-0.39, 0.29) is 0 Å². The van der Waals surface area contributed by atoms with E-state index >= 15 is 0 Å². The predicted molar refractivity (Wildman–Crippen MR) is 52.2 cm³/mol. The molecule has 0 aromatic heterocycles. The van der Waals surface area contributed by atoms with Gasteiger partial charge in [0.1, 0.15) is 12.2 Å². The van der Waals surface area contributed by atoms with Crippen LogP contribution in [0.25, 0.3) is 0 Å². The zero-order chi connectivity index (χ0) is 9.68. The Hall–Kier alpha value is -1.12. The molecule has 0 spiro atoms. The van der Waals surface area contributed by atoms with Gasteiger partial charge >= 0.3 is 0 Å². The van der Waals surface area contributed by atoms with Crippen molar-refractivity contribution in [3.63, 3.8) is 0 Å². The number of benzene rings is 1. The Bertz CT molecular complexity index is 267. The molecule has 0 aliphatic heterocycles. The second kappa shape index (κ2) is 4.80. The summed E-state index contributed by atoms with van der Waals surface area (Å²) in [6.07, 6.45) is 1.62. The second-order valence-electron chi connectivity index (χ2n) is 2.87. The van der Waals surface area contributed by atoms with E-state index in [0.29, 0.717) is 0 Å². The summed E-state index contributed by atoms with van der Waals surface area (Å²) in [6.45, 7) is 1.81. The van der Waals surface area contributed by atoms with Crippen LogP contribution in [-0.4, -0.2) is 16.3 Å². The van der Waals surface area contributed by atoms with Crippen LogP contribution in [-0.2, 0) is 0 Å². The molecule has 0 aliphatic rings. The highest BCUT2D eigenvalue weighted by molar-refractivity contribution is 5.19. The summed E-state index contributed by atoms with van der Waals surface area (Å²) >= 11 is 0. The molecule has 70 valence electrons. The largest absolute Gasteiger partial charge is 0.386 e. The lowest BCUT2D eigenvalue weighted by Gasteiger charge is -2.14. The van der Waals surface area contributed by atoms with E-state index in [1.807, 2.05) is 18.2 Å². The molecular weight excluding hydrogens is 164 g/mol. The van der Waals surface area contributed by atoms with Crippen molar-refractivity contribution in [1.82, 2.24) is 0 Å². The Balaban J connectivity index is 2.73. The third kappa shape index (κ3) is 2.68. The molecule has 2 atom stereocenters. The highest BCUT2D eigenvalue weighted by atomic mass is 16.3. The van der Waals surface area contributed by atoms with Crippen molar-refractivity contribution in [2.45, 2.75) is 19.1 Å². The fourth-order valence-electron chi connectivity index (χ4n) is 1.15. The quantitative estimate of drug-likeness (QED) is 0.691. The maximum atomic E-state index is 9.62. The van der Waals surface area contributed by atoms with Crippen molar-refractivity contribution in [3.05, 3.63) is 48.0 Å². The maximum absolute atomic E-state index is 9.62. The van der Waals surface area contributed by atoms with Crippen LogP contribution in [0.2, 0.25) is 0 Å². The number of aliphatic hydroxyl groups is 2. The zero-order valence-electron chi connectivity index (χ0n) is 7.59. The van der Waals surface area contributed by atoms with Crippen molar-refractivity contribution in [2.24, 2.45) is 0 Å². The number of hydrogen-bond donors (Lipinski definition) is 2. The average Bonchev–Trinajstić information content (AvgIpc) is 2.18. The molecule has 1 aromatic rings. The van der Waals surface area contributed by atoms with E-state index in [2.05, 4.69) is 0 Å². The SMILES string of the molecule is C/C=C/[C@H](O)[C@@H](O)c1ccccc1. The van der Waals surface area contributed by atoms with Gasteiger partial charge in [0, 0.05) is 0 Å². The van der Waals surface area contributed by atoms with Gasteiger partial charge in [0.25, 0.3) is 0 Å². The standard InChI is InChI=1S/C11H14O2/c1-2-6-10(12)11(13)9-7-4-3-5-8-9/h2-8,10-13H,1H3/b6-2+/t10-,11-/m0/s1. The van der Waals surface area contributed by atoms with Gasteiger partial charge < -0.3 is 10.2 Å². The molecule has 2 N–H and O–H groups in total. The Labute approximate surface area is 78.2 Å². The van der Waals surface area contributed by atoms with Crippen LogP contribution in [0.4, 0.5) is 0 Å². The lowest BCUT2D eigenvalue weighted by atomic mass is 10.0. The van der Waals surface area contributed by atoms with Gasteiger partial charge in [-0.15, -0.1) is 0 Å². The van der Waals surface area contributed by atoms with Gasteiger partial charge in [-0.1, -0.05) is 42.5 Å². The third-order valence-corrected chi connectivity index (χ3v) is 1.85. The lowest BCUT2D eigenvalue weighted by molar-refractivity contribution is 0.0482. The lowest BCUT2D eigenvalue weighted by Crippen LogP contribution is -2.15. The maximum Gasteiger partial charge on any atom is 0.108 e. The van der Waals surface area contributed by atoms with Crippen molar-refractivity contribution in [2.75, 3.05) is 0 Å². The smallest absolute Gasteiger partial charge is 0.108 e. The van der Waals surface area contributed by atoms with Crippen molar-refractivity contribution < 1.29 is 10.2 Å². The first kappa shape index (κ1) is 9.96. The normalized spacial score (nSPS) is 15.9. The van der Waals surface area contributed by atoms with E-state index in [1.165, 1.54) is 0 Å². The molecular formula is C11H14O2. The first-order valence-electron chi connectivity index (χ1n) is 4.29. The van der Waals surface area contributed by atoms with Gasteiger partial charge in [-0.3, -0.25) is 0 Å². The van der Waals surface area contributed by atoms with Crippen LogP contribution >= 0.6 is 0 Å². The monoisotopic (exact) mass is 178 g/mol. The van der Waals surface area contributed by atoms with Crippen LogP contribution in [0.5, 0.6) is 0 Å². The summed E-state index contributed by atoms with van der Waals surface area (Å²) in [5.41, 5.74) is 0.730. The minimum absolute atomic E-state index is 0.730. The minimum atomic E-state index is -0.836. The molecule has 0 saturated carbocycles. The molecule has 2 heteroatoms. The first-order valence-corrected chi connectivity index (χ1v) is 4.29. The first-order chi connectivity index (χ1) is 6.25. The van der Waals surface area contributed by atoms with Gasteiger partial charge in [-0.25, -0.2) is 0 Å². The van der Waals surface area contributed by atoms with Gasteiger partial charge in [0.2, 0.25) is 0 Å². The topological polar surface area (TPSA) is 40.5 Å². The Morgan fingerprint density at radius 1 is 1.15 bits per heavy atom.